The molecule has 1 fully saturated rings. The maximum atomic E-state index is 12.8. The summed E-state index contributed by atoms with van der Waals surface area (Å²) >= 11 is 0. The quantitative estimate of drug-likeness (QED) is 0.692. The van der Waals surface area contributed by atoms with Gasteiger partial charge in [-0.3, -0.25) is 19.9 Å². The van der Waals surface area contributed by atoms with Gasteiger partial charge >= 0.3 is 6.01 Å². The largest absolute Gasteiger partial charge is 0.497 e. The van der Waals surface area contributed by atoms with Crippen molar-refractivity contribution in [1.29, 1.82) is 0 Å². The summed E-state index contributed by atoms with van der Waals surface area (Å²) in [7, 11) is 1.64. The van der Waals surface area contributed by atoms with Crippen molar-refractivity contribution in [2.45, 2.75) is 0 Å². The van der Waals surface area contributed by atoms with Crippen LogP contribution >= 0.6 is 0 Å². The van der Waals surface area contributed by atoms with Crippen molar-refractivity contribution in [3.05, 3.63) is 66.3 Å². The Morgan fingerprint density at radius 3 is 2.60 bits per heavy atom. The summed E-state index contributed by atoms with van der Waals surface area (Å²) in [4.78, 5) is 36.8. The predicted octanol–water partition coefficient (Wildman–Crippen LogP) is 2.29. The van der Waals surface area contributed by atoms with Crippen molar-refractivity contribution < 1.29 is 18.7 Å². The van der Waals surface area contributed by atoms with Crippen LogP contribution in [0.5, 0.6) is 5.75 Å². The Morgan fingerprint density at radius 1 is 1.10 bits per heavy atom. The van der Waals surface area contributed by atoms with Gasteiger partial charge in [0, 0.05) is 55.9 Å². The molecule has 0 radical (unpaired) electrons. The number of carbonyl (C=O) groups is 2. The zero-order valence-corrected chi connectivity index (χ0v) is 16.4. The average molecular weight is 407 g/mol. The Bertz CT molecular complexity index is 1030. The van der Waals surface area contributed by atoms with Crippen LogP contribution in [-0.4, -0.2) is 60.0 Å². The lowest BCUT2D eigenvalue weighted by molar-refractivity contribution is 0.0740. The molecule has 1 aliphatic rings. The Kier molecular flexibility index (Phi) is 5.60. The molecule has 4 rings (SSSR count). The van der Waals surface area contributed by atoms with E-state index in [-0.39, 0.29) is 23.5 Å². The number of amides is 2. The number of anilines is 2. The number of oxazole rings is 1. The summed E-state index contributed by atoms with van der Waals surface area (Å²) in [6.45, 7) is 2.51. The molecular weight excluding hydrogens is 386 g/mol. The van der Waals surface area contributed by atoms with Gasteiger partial charge in [0.25, 0.3) is 11.8 Å². The smallest absolute Gasteiger partial charge is 0.302 e. The lowest BCUT2D eigenvalue weighted by Crippen LogP contribution is -2.48. The molecule has 9 heteroatoms. The van der Waals surface area contributed by atoms with Gasteiger partial charge in [0.15, 0.2) is 5.69 Å². The summed E-state index contributed by atoms with van der Waals surface area (Å²) in [5, 5.41) is 2.54. The van der Waals surface area contributed by atoms with Gasteiger partial charge in [-0.1, -0.05) is 6.07 Å². The molecule has 3 heterocycles. The van der Waals surface area contributed by atoms with Crippen LogP contribution in [0.2, 0.25) is 0 Å². The fourth-order valence-corrected chi connectivity index (χ4v) is 3.24. The number of hydrogen-bond acceptors (Lipinski definition) is 7. The first-order chi connectivity index (χ1) is 14.6. The van der Waals surface area contributed by atoms with Crippen molar-refractivity contribution >= 4 is 23.5 Å². The van der Waals surface area contributed by atoms with Crippen molar-refractivity contribution in [1.82, 2.24) is 14.9 Å². The van der Waals surface area contributed by atoms with Crippen molar-refractivity contribution in [2.75, 3.05) is 43.5 Å². The normalized spacial score (nSPS) is 13.8. The number of piperazine rings is 1. The maximum Gasteiger partial charge on any atom is 0.302 e. The molecule has 1 aromatic carbocycles. The third-order valence-electron chi connectivity index (χ3n) is 4.87. The monoisotopic (exact) mass is 407 g/mol. The van der Waals surface area contributed by atoms with Gasteiger partial charge in [0.1, 0.15) is 12.0 Å². The summed E-state index contributed by atoms with van der Waals surface area (Å²) in [5.41, 5.74) is 1.64. The van der Waals surface area contributed by atoms with Crippen LogP contribution in [0.4, 0.5) is 11.7 Å². The molecule has 154 valence electrons. The predicted molar refractivity (Wildman–Crippen MR) is 110 cm³/mol. The molecular formula is C21H21N5O4. The second-order valence-electron chi connectivity index (χ2n) is 6.71. The molecule has 30 heavy (non-hydrogen) atoms. The van der Waals surface area contributed by atoms with E-state index < -0.39 is 0 Å². The van der Waals surface area contributed by atoms with E-state index in [4.69, 9.17) is 9.15 Å². The van der Waals surface area contributed by atoms with Gasteiger partial charge < -0.3 is 19.0 Å². The average Bonchev–Trinajstić information content (AvgIpc) is 3.27. The zero-order chi connectivity index (χ0) is 20.9. The van der Waals surface area contributed by atoms with Crippen LogP contribution in [0.25, 0.3) is 0 Å². The topological polar surface area (TPSA) is 101 Å². The van der Waals surface area contributed by atoms with Gasteiger partial charge in [-0.05, 0) is 24.3 Å². The maximum absolute atomic E-state index is 12.8. The Balaban J connectivity index is 1.35. The van der Waals surface area contributed by atoms with E-state index in [1.54, 1.807) is 24.1 Å². The molecule has 0 unspecified atom stereocenters. The molecule has 1 saturated heterocycles. The van der Waals surface area contributed by atoms with Gasteiger partial charge in [-0.25, -0.2) is 0 Å². The van der Waals surface area contributed by atoms with Crippen LogP contribution < -0.4 is 15.0 Å². The number of nitrogens with one attached hydrogen (secondary N) is 1. The highest BCUT2D eigenvalue weighted by Gasteiger charge is 2.25. The standard InChI is InChI=1S/C21H21N5O4/c1-29-17-4-2-3-16(13-17)25-9-11-26(12-10-25)20(28)18-14-30-21(23-18)24-19(27)15-5-7-22-8-6-15/h2-8,13-14H,9-12H2,1H3,(H,23,24,27). The number of carbonyl (C=O) groups excluding carboxylic acids is 2. The van der Waals surface area contributed by atoms with Crippen LogP contribution in [0.15, 0.2) is 59.5 Å². The van der Waals surface area contributed by atoms with Crippen LogP contribution in [0.1, 0.15) is 20.8 Å². The van der Waals surface area contributed by atoms with Gasteiger partial charge in [-0.2, -0.15) is 4.98 Å². The minimum absolute atomic E-state index is 0.0184. The molecule has 0 spiro atoms. The summed E-state index contributed by atoms with van der Waals surface area (Å²) in [5.74, 6) is 0.188. The van der Waals surface area contributed by atoms with E-state index >= 15 is 0 Å². The molecule has 0 atom stereocenters. The number of rotatable bonds is 5. The highest BCUT2D eigenvalue weighted by molar-refractivity contribution is 6.03. The minimum atomic E-state index is -0.384. The molecule has 2 aromatic heterocycles. The third kappa shape index (κ3) is 4.24. The van der Waals surface area contributed by atoms with Gasteiger partial charge in [0.05, 0.1) is 7.11 Å². The van der Waals surface area contributed by atoms with E-state index in [2.05, 4.69) is 20.2 Å². The number of pyridine rings is 1. The second-order valence-corrected chi connectivity index (χ2v) is 6.71. The van der Waals surface area contributed by atoms with E-state index in [9.17, 15) is 9.59 Å². The highest BCUT2D eigenvalue weighted by Crippen LogP contribution is 2.22. The number of benzene rings is 1. The van der Waals surface area contributed by atoms with Gasteiger partial charge in [0.2, 0.25) is 0 Å². The van der Waals surface area contributed by atoms with Gasteiger partial charge in [-0.15, -0.1) is 0 Å². The highest BCUT2D eigenvalue weighted by atomic mass is 16.5. The molecule has 1 aliphatic heterocycles. The van der Waals surface area contributed by atoms with E-state index in [1.165, 1.54) is 18.7 Å². The van der Waals surface area contributed by atoms with E-state index in [0.29, 0.717) is 31.7 Å². The first-order valence-electron chi connectivity index (χ1n) is 9.49. The van der Waals surface area contributed by atoms with E-state index in [0.717, 1.165) is 11.4 Å². The fraction of sp³-hybridized carbons (Fsp3) is 0.238. The first-order valence-corrected chi connectivity index (χ1v) is 9.49. The molecule has 2 amide bonds. The Morgan fingerprint density at radius 2 is 1.87 bits per heavy atom. The third-order valence-corrected chi connectivity index (χ3v) is 4.87. The lowest BCUT2D eigenvalue weighted by atomic mass is 10.2. The molecule has 1 N–H and O–H groups in total. The first kappa shape index (κ1) is 19.4. The number of ether oxygens (including phenoxy) is 1. The summed E-state index contributed by atoms with van der Waals surface area (Å²) < 4.78 is 10.5. The van der Waals surface area contributed by atoms with Crippen molar-refractivity contribution in [3.8, 4) is 5.75 Å². The Labute approximate surface area is 173 Å². The SMILES string of the molecule is COc1cccc(N2CCN(C(=O)c3coc(NC(=O)c4ccncc4)n3)CC2)c1. The molecule has 0 bridgehead atoms. The minimum Gasteiger partial charge on any atom is -0.497 e. The number of methoxy groups -OCH3 is 1. The second kappa shape index (κ2) is 8.64. The fourth-order valence-electron chi connectivity index (χ4n) is 3.24. The van der Waals surface area contributed by atoms with Crippen molar-refractivity contribution in [3.63, 3.8) is 0 Å². The Hall–Kier alpha value is -3.88. The summed E-state index contributed by atoms with van der Waals surface area (Å²) in [6, 6.07) is 11.0. The summed E-state index contributed by atoms with van der Waals surface area (Å²) in [6.07, 6.45) is 4.30. The van der Waals surface area contributed by atoms with Crippen molar-refractivity contribution in [2.24, 2.45) is 0 Å². The molecule has 0 saturated carbocycles. The number of nitrogens with zero attached hydrogens (tertiary/aromatic N) is 4. The van der Waals surface area contributed by atoms with E-state index in [1.807, 2.05) is 24.3 Å². The van der Waals surface area contributed by atoms with Crippen LogP contribution in [0, 0.1) is 0 Å². The molecule has 0 aliphatic carbocycles. The van der Waals surface area contributed by atoms with Crippen LogP contribution in [-0.2, 0) is 0 Å². The number of aromatic nitrogens is 2. The number of hydrogen-bond donors (Lipinski definition) is 1. The van der Waals surface area contributed by atoms with Crippen LogP contribution in [0.3, 0.4) is 0 Å². The lowest BCUT2D eigenvalue weighted by Gasteiger charge is -2.35. The zero-order valence-electron chi connectivity index (χ0n) is 16.4. The molecule has 3 aromatic rings. The molecule has 9 nitrogen and oxygen atoms in total.